The molecule has 5 rings (SSSR count). The van der Waals surface area contributed by atoms with E-state index in [-0.39, 0.29) is 5.69 Å². The van der Waals surface area contributed by atoms with Crippen LogP contribution >= 0.6 is 0 Å². The average molecular weight is 441 g/mol. The van der Waals surface area contributed by atoms with Gasteiger partial charge in [-0.3, -0.25) is 4.90 Å². The number of aromatic nitrogens is 4. The molecule has 0 bridgehead atoms. The van der Waals surface area contributed by atoms with E-state index >= 15 is 0 Å². The minimum absolute atomic E-state index is 0.256. The molecule has 0 spiro atoms. The zero-order valence-electron chi connectivity index (χ0n) is 17.8. The van der Waals surface area contributed by atoms with Gasteiger partial charge in [0.15, 0.2) is 0 Å². The van der Waals surface area contributed by atoms with E-state index in [0.717, 1.165) is 63.3 Å². The van der Waals surface area contributed by atoms with Crippen molar-refractivity contribution in [3.63, 3.8) is 0 Å². The SMILES string of the molecule is Cc1cc(Nc2ncn(-c3cc(F)cc(F)c3)n2)nc(N2CCN([C@H]3CCOC3)CC2)c1. The van der Waals surface area contributed by atoms with Gasteiger partial charge in [0.05, 0.1) is 12.3 Å². The van der Waals surface area contributed by atoms with E-state index in [4.69, 9.17) is 9.72 Å². The molecule has 0 unspecified atom stereocenters. The quantitative estimate of drug-likeness (QED) is 0.653. The van der Waals surface area contributed by atoms with Crippen molar-refractivity contribution in [2.45, 2.75) is 19.4 Å². The molecule has 0 amide bonds. The summed E-state index contributed by atoms with van der Waals surface area (Å²) < 4.78 is 33.8. The van der Waals surface area contributed by atoms with Gasteiger partial charge in [-0.25, -0.2) is 18.4 Å². The van der Waals surface area contributed by atoms with Gasteiger partial charge >= 0.3 is 0 Å². The molecule has 2 aromatic heterocycles. The molecular formula is C22H25F2N7O. The van der Waals surface area contributed by atoms with Gasteiger partial charge in [0, 0.05) is 44.9 Å². The Labute approximate surface area is 184 Å². The Morgan fingerprint density at radius 2 is 1.81 bits per heavy atom. The largest absolute Gasteiger partial charge is 0.380 e. The molecule has 2 aliphatic heterocycles. The van der Waals surface area contributed by atoms with Crippen LogP contribution in [0.15, 0.2) is 36.7 Å². The highest BCUT2D eigenvalue weighted by atomic mass is 19.1. The number of piperazine rings is 1. The summed E-state index contributed by atoms with van der Waals surface area (Å²) in [5.41, 5.74) is 1.32. The Morgan fingerprint density at radius 1 is 1.03 bits per heavy atom. The third kappa shape index (κ3) is 4.56. The van der Waals surface area contributed by atoms with E-state index in [1.807, 2.05) is 13.0 Å². The molecule has 32 heavy (non-hydrogen) atoms. The molecule has 4 heterocycles. The van der Waals surface area contributed by atoms with E-state index in [1.165, 1.54) is 23.1 Å². The fourth-order valence-corrected chi connectivity index (χ4v) is 4.23. The second-order valence-electron chi connectivity index (χ2n) is 8.19. The number of nitrogens with one attached hydrogen (secondary N) is 1. The van der Waals surface area contributed by atoms with Crippen molar-refractivity contribution in [2.24, 2.45) is 0 Å². The lowest BCUT2D eigenvalue weighted by atomic mass is 10.2. The molecule has 0 radical (unpaired) electrons. The molecule has 8 nitrogen and oxygen atoms in total. The van der Waals surface area contributed by atoms with Crippen molar-refractivity contribution in [1.82, 2.24) is 24.6 Å². The lowest BCUT2D eigenvalue weighted by molar-refractivity contribution is 0.139. The van der Waals surface area contributed by atoms with E-state index in [9.17, 15) is 8.78 Å². The van der Waals surface area contributed by atoms with Gasteiger partial charge in [-0.15, -0.1) is 5.10 Å². The van der Waals surface area contributed by atoms with Crippen LogP contribution in [0.3, 0.4) is 0 Å². The summed E-state index contributed by atoms with van der Waals surface area (Å²) in [6.07, 6.45) is 2.51. The summed E-state index contributed by atoms with van der Waals surface area (Å²) in [6.45, 7) is 7.50. The molecule has 2 aliphatic rings. The molecule has 10 heteroatoms. The fourth-order valence-electron chi connectivity index (χ4n) is 4.23. The molecule has 0 aliphatic carbocycles. The second kappa shape index (κ2) is 8.79. The Balaban J connectivity index is 1.28. The van der Waals surface area contributed by atoms with Gasteiger partial charge in [-0.2, -0.15) is 4.98 Å². The Hall–Kier alpha value is -3.11. The maximum atomic E-state index is 13.5. The van der Waals surface area contributed by atoms with Crippen molar-refractivity contribution >= 4 is 17.6 Å². The van der Waals surface area contributed by atoms with Crippen LogP contribution in [0, 0.1) is 18.6 Å². The first kappa shape index (κ1) is 20.8. The smallest absolute Gasteiger partial charge is 0.248 e. The van der Waals surface area contributed by atoms with Crippen molar-refractivity contribution in [3.05, 3.63) is 53.9 Å². The highest BCUT2D eigenvalue weighted by Gasteiger charge is 2.27. The number of anilines is 3. The fraction of sp³-hybridized carbons (Fsp3) is 0.409. The zero-order chi connectivity index (χ0) is 22.1. The first-order chi connectivity index (χ1) is 15.5. The molecule has 1 N–H and O–H groups in total. The summed E-state index contributed by atoms with van der Waals surface area (Å²) in [5, 5.41) is 7.37. The standard InChI is InChI=1S/C22H25F2N7O/c1-15-8-20(27-22-25-14-31(28-22)19-11-16(23)10-17(24)12-19)26-21(9-15)30-5-3-29(4-6-30)18-2-7-32-13-18/h8-12,14,18H,2-7,13H2,1H3,(H,26,27,28)/t18-/m0/s1. The van der Waals surface area contributed by atoms with Crippen molar-refractivity contribution < 1.29 is 13.5 Å². The molecule has 1 aromatic carbocycles. The van der Waals surface area contributed by atoms with Gasteiger partial charge < -0.3 is 15.0 Å². The maximum Gasteiger partial charge on any atom is 0.248 e. The van der Waals surface area contributed by atoms with Gasteiger partial charge in [-0.1, -0.05) is 0 Å². The number of ether oxygens (including phenoxy) is 1. The predicted molar refractivity (Wildman–Crippen MR) is 117 cm³/mol. The Bertz CT molecular complexity index is 1070. The highest BCUT2D eigenvalue weighted by molar-refractivity contribution is 5.55. The van der Waals surface area contributed by atoms with Crippen molar-refractivity contribution in [2.75, 3.05) is 49.6 Å². The average Bonchev–Trinajstić information content (AvgIpc) is 3.45. The summed E-state index contributed by atoms with van der Waals surface area (Å²) in [7, 11) is 0. The van der Waals surface area contributed by atoms with E-state index in [0.29, 0.717) is 17.8 Å². The molecule has 0 saturated carbocycles. The predicted octanol–water partition coefficient (Wildman–Crippen LogP) is 2.90. The lowest BCUT2D eigenvalue weighted by Crippen LogP contribution is -2.50. The van der Waals surface area contributed by atoms with Gasteiger partial charge in [-0.05, 0) is 43.2 Å². The third-order valence-electron chi connectivity index (χ3n) is 5.86. The minimum Gasteiger partial charge on any atom is -0.380 e. The summed E-state index contributed by atoms with van der Waals surface area (Å²) in [6, 6.07) is 7.73. The minimum atomic E-state index is -0.671. The second-order valence-corrected chi connectivity index (χ2v) is 8.19. The molecular weight excluding hydrogens is 416 g/mol. The number of pyridine rings is 1. The Kier molecular flexibility index (Phi) is 5.71. The number of halogens is 2. The van der Waals surface area contributed by atoms with E-state index in [1.54, 1.807) is 0 Å². The van der Waals surface area contributed by atoms with Crippen LogP contribution in [0.4, 0.5) is 26.4 Å². The van der Waals surface area contributed by atoms with E-state index in [2.05, 4.69) is 31.3 Å². The van der Waals surface area contributed by atoms with Gasteiger partial charge in [0.2, 0.25) is 5.95 Å². The molecule has 3 aromatic rings. The molecule has 1 atom stereocenters. The maximum absolute atomic E-state index is 13.5. The molecule has 168 valence electrons. The number of hydrogen-bond acceptors (Lipinski definition) is 7. The number of rotatable bonds is 5. The summed E-state index contributed by atoms with van der Waals surface area (Å²) in [5.74, 6) is 0.479. The zero-order valence-corrected chi connectivity index (χ0v) is 17.8. The van der Waals surface area contributed by atoms with E-state index < -0.39 is 11.6 Å². The third-order valence-corrected chi connectivity index (χ3v) is 5.86. The monoisotopic (exact) mass is 441 g/mol. The lowest BCUT2D eigenvalue weighted by Gasteiger charge is -2.38. The van der Waals surface area contributed by atoms with Gasteiger partial charge in [0.1, 0.15) is 29.6 Å². The molecule has 2 fully saturated rings. The van der Waals surface area contributed by atoms with Crippen LogP contribution in [-0.2, 0) is 4.74 Å². The van der Waals surface area contributed by atoms with Crippen LogP contribution in [0.2, 0.25) is 0 Å². The van der Waals surface area contributed by atoms with Crippen LogP contribution in [0.25, 0.3) is 5.69 Å². The topological polar surface area (TPSA) is 71.3 Å². The number of hydrogen-bond donors (Lipinski definition) is 1. The van der Waals surface area contributed by atoms with Crippen LogP contribution < -0.4 is 10.2 Å². The van der Waals surface area contributed by atoms with Crippen LogP contribution in [-0.4, -0.2) is 70.1 Å². The van der Waals surface area contributed by atoms with Crippen molar-refractivity contribution in [3.8, 4) is 5.69 Å². The van der Waals surface area contributed by atoms with Crippen LogP contribution in [0.5, 0.6) is 0 Å². The first-order valence-electron chi connectivity index (χ1n) is 10.7. The summed E-state index contributed by atoms with van der Waals surface area (Å²) >= 11 is 0. The number of benzene rings is 1. The first-order valence-corrected chi connectivity index (χ1v) is 10.7. The number of nitrogens with zero attached hydrogens (tertiary/aromatic N) is 6. The highest BCUT2D eigenvalue weighted by Crippen LogP contribution is 2.23. The Morgan fingerprint density at radius 3 is 2.53 bits per heavy atom. The van der Waals surface area contributed by atoms with Gasteiger partial charge in [0.25, 0.3) is 0 Å². The number of aryl methyl sites for hydroxylation is 1. The normalized spacial score (nSPS) is 19.5. The van der Waals surface area contributed by atoms with Crippen molar-refractivity contribution in [1.29, 1.82) is 0 Å². The summed E-state index contributed by atoms with van der Waals surface area (Å²) in [4.78, 5) is 13.7. The molecule has 2 saturated heterocycles. The van der Waals surface area contributed by atoms with Crippen LogP contribution in [0.1, 0.15) is 12.0 Å².